The molecule has 0 bridgehead atoms. The van der Waals surface area contributed by atoms with E-state index >= 15 is 0 Å². The number of hydrogen-bond acceptors (Lipinski definition) is 6. The topological polar surface area (TPSA) is 106 Å². The normalized spacial score (nSPS) is 20.1. The van der Waals surface area contributed by atoms with Gasteiger partial charge in [-0.05, 0) is 0 Å². The SMILES string of the molecule is NCc1cn(CC(=O)N2CCOCC2CO)nn1. The fraction of sp³-hybridized carbons (Fsp3) is 0.700. The van der Waals surface area contributed by atoms with Crippen molar-refractivity contribution in [2.24, 2.45) is 5.73 Å². The van der Waals surface area contributed by atoms with Crippen LogP contribution in [0.25, 0.3) is 0 Å². The first kappa shape index (κ1) is 12.9. The zero-order chi connectivity index (χ0) is 13.0. The van der Waals surface area contributed by atoms with Crippen molar-refractivity contribution in [2.75, 3.05) is 26.4 Å². The van der Waals surface area contributed by atoms with Crippen molar-refractivity contribution in [1.82, 2.24) is 19.9 Å². The van der Waals surface area contributed by atoms with Gasteiger partial charge in [0.2, 0.25) is 5.91 Å². The molecule has 0 aromatic carbocycles. The Morgan fingerprint density at radius 2 is 2.50 bits per heavy atom. The van der Waals surface area contributed by atoms with Gasteiger partial charge in [0.15, 0.2) is 0 Å². The Hall–Kier alpha value is -1.51. The first-order valence-electron chi connectivity index (χ1n) is 5.81. The molecule has 1 aromatic heterocycles. The summed E-state index contributed by atoms with van der Waals surface area (Å²) < 4.78 is 6.67. The molecule has 1 aliphatic rings. The van der Waals surface area contributed by atoms with Crippen LogP contribution in [0.15, 0.2) is 6.20 Å². The summed E-state index contributed by atoms with van der Waals surface area (Å²) in [6.07, 6.45) is 1.65. The number of nitrogens with two attached hydrogens (primary N) is 1. The molecule has 1 unspecified atom stereocenters. The number of aliphatic hydroxyl groups excluding tert-OH is 1. The third kappa shape index (κ3) is 2.84. The number of nitrogens with zero attached hydrogens (tertiary/aromatic N) is 4. The molecule has 0 saturated carbocycles. The molecule has 0 spiro atoms. The van der Waals surface area contributed by atoms with E-state index < -0.39 is 0 Å². The maximum absolute atomic E-state index is 12.1. The number of aromatic nitrogens is 3. The average molecular weight is 255 g/mol. The minimum absolute atomic E-state index is 0.100. The summed E-state index contributed by atoms with van der Waals surface area (Å²) >= 11 is 0. The maximum atomic E-state index is 12.1. The van der Waals surface area contributed by atoms with E-state index in [-0.39, 0.29) is 25.1 Å². The van der Waals surface area contributed by atoms with Gasteiger partial charge in [0, 0.05) is 13.1 Å². The molecule has 8 nitrogen and oxygen atoms in total. The van der Waals surface area contributed by atoms with Crippen molar-refractivity contribution >= 4 is 5.91 Å². The molecule has 0 radical (unpaired) electrons. The van der Waals surface area contributed by atoms with E-state index in [0.29, 0.717) is 32.0 Å². The summed E-state index contributed by atoms with van der Waals surface area (Å²) in [6.45, 7) is 1.65. The molecule has 0 aliphatic carbocycles. The van der Waals surface area contributed by atoms with Gasteiger partial charge in [-0.3, -0.25) is 4.79 Å². The lowest BCUT2D eigenvalue weighted by molar-refractivity contribution is -0.142. The quantitative estimate of drug-likeness (QED) is 0.642. The average Bonchev–Trinajstić information content (AvgIpc) is 2.86. The highest BCUT2D eigenvalue weighted by Gasteiger charge is 2.26. The van der Waals surface area contributed by atoms with Gasteiger partial charge in [-0.1, -0.05) is 5.21 Å². The highest BCUT2D eigenvalue weighted by atomic mass is 16.5. The van der Waals surface area contributed by atoms with Gasteiger partial charge in [-0.2, -0.15) is 0 Å². The van der Waals surface area contributed by atoms with E-state index in [4.69, 9.17) is 10.5 Å². The lowest BCUT2D eigenvalue weighted by Gasteiger charge is -2.34. The molecule has 1 aromatic rings. The molecule has 1 aliphatic heterocycles. The Labute approximate surface area is 104 Å². The monoisotopic (exact) mass is 255 g/mol. The van der Waals surface area contributed by atoms with Crippen LogP contribution >= 0.6 is 0 Å². The molecule has 100 valence electrons. The Bertz CT molecular complexity index is 408. The Morgan fingerprint density at radius 3 is 3.17 bits per heavy atom. The van der Waals surface area contributed by atoms with Crippen LogP contribution in [0.5, 0.6) is 0 Å². The zero-order valence-electron chi connectivity index (χ0n) is 10.0. The van der Waals surface area contributed by atoms with Crippen LogP contribution < -0.4 is 5.73 Å². The Balaban J connectivity index is 1.97. The fourth-order valence-corrected chi connectivity index (χ4v) is 1.87. The number of amides is 1. The zero-order valence-corrected chi connectivity index (χ0v) is 10.0. The van der Waals surface area contributed by atoms with E-state index in [9.17, 15) is 9.90 Å². The summed E-state index contributed by atoms with van der Waals surface area (Å²) in [7, 11) is 0. The summed E-state index contributed by atoms with van der Waals surface area (Å²) in [5.41, 5.74) is 6.06. The predicted octanol–water partition coefficient (Wildman–Crippen LogP) is -2.04. The summed E-state index contributed by atoms with van der Waals surface area (Å²) in [5, 5.41) is 16.8. The lowest BCUT2D eigenvalue weighted by Crippen LogP contribution is -2.51. The van der Waals surface area contributed by atoms with Crippen molar-refractivity contribution in [2.45, 2.75) is 19.1 Å². The lowest BCUT2D eigenvalue weighted by atomic mass is 10.2. The highest BCUT2D eigenvalue weighted by Crippen LogP contribution is 2.07. The second-order valence-corrected chi connectivity index (χ2v) is 4.11. The smallest absolute Gasteiger partial charge is 0.244 e. The third-order valence-corrected chi connectivity index (χ3v) is 2.85. The molecular formula is C10H17N5O3. The molecule has 1 amide bonds. The van der Waals surface area contributed by atoms with Gasteiger partial charge in [0.1, 0.15) is 6.54 Å². The predicted molar refractivity (Wildman–Crippen MR) is 61.3 cm³/mol. The van der Waals surface area contributed by atoms with E-state index in [2.05, 4.69) is 10.3 Å². The number of morpholine rings is 1. The number of carbonyl (C=O) groups excluding carboxylic acids is 1. The van der Waals surface area contributed by atoms with E-state index in [0.717, 1.165) is 0 Å². The summed E-state index contributed by atoms with van der Waals surface area (Å²) in [4.78, 5) is 13.7. The Morgan fingerprint density at radius 1 is 1.67 bits per heavy atom. The van der Waals surface area contributed by atoms with Crippen LogP contribution in [0.3, 0.4) is 0 Å². The van der Waals surface area contributed by atoms with Crippen LogP contribution in [0.1, 0.15) is 5.69 Å². The Kier molecular flexibility index (Phi) is 4.24. The third-order valence-electron chi connectivity index (χ3n) is 2.85. The first-order chi connectivity index (χ1) is 8.74. The number of rotatable bonds is 4. The van der Waals surface area contributed by atoms with Crippen molar-refractivity contribution < 1.29 is 14.6 Å². The van der Waals surface area contributed by atoms with Crippen LogP contribution in [0, 0.1) is 0 Å². The van der Waals surface area contributed by atoms with E-state index in [1.165, 1.54) is 4.68 Å². The van der Waals surface area contributed by atoms with Gasteiger partial charge < -0.3 is 20.5 Å². The molecule has 18 heavy (non-hydrogen) atoms. The minimum Gasteiger partial charge on any atom is -0.394 e. The fourth-order valence-electron chi connectivity index (χ4n) is 1.87. The van der Waals surface area contributed by atoms with Crippen molar-refractivity contribution in [3.8, 4) is 0 Å². The molecule has 1 fully saturated rings. The molecule has 2 rings (SSSR count). The standard InChI is InChI=1S/C10H17N5O3/c11-3-8-4-14(13-12-8)5-10(17)15-1-2-18-7-9(15)6-16/h4,9,16H,1-3,5-7,11H2. The van der Waals surface area contributed by atoms with E-state index in [1.54, 1.807) is 11.1 Å². The van der Waals surface area contributed by atoms with Crippen molar-refractivity contribution in [1.29, 1.82) is 0 Å². The van der Waals surface area contributed by atoms with Crippen LogP contribution in [-0.4, -0.2) is 63.3 Å². The molecule has 3 N–H and O–H groups in total. The molecule has 8 heteroatoms. The minimum atomic E-state index is -0.274. The van der Waals surface area contributed by atoms with Gasteiger partial charge in [0.25, 0.3) is 0 Å². The first-order valence-corrected chi connectivity index (χ1v) is 5.81. The van der Waals surface area contributed by atoms with Crippen molar-refractivity contribution in [3.05, 3.63) is 11.9 Å². The second kappa shape index (κ2) is 5.89. The van der Waals surface area contributed by atoms with E-state index in [1.807, 2.05) is 0 Å². The maximum Gasteiger partial charge on any atom is 0.244 e. The van der Waals surface area contributed by atoms with Crippen LogP contribution in [0.4, 0.5) is 0 Å². The van der Waals surface area contributed by atoms with Gasteiger partial charge in [-0.15, -0.1) is 5.10 Å². The number of hydrogen-bond donors (Lipinski definition) is 2. The largest absolute Gasteiger partial charge is 0.394 e. The van der Waals surface area contributed by atoms with Crippen LogP contribution in [0.2, 0.25) is 0 Å². The second-order valence-electron chi connectivity index (χ2n) is 4.11. The number of aliphatic hydroxyl groups is 1. The summed E-state index contributed by atoms with van der Waals surface area (Å²) in [6, 6.07) is -0.274. The van der Waals surface area contributed by atoms with Gasteiger partial charge in [0.05, 0.1) is 37.8 Å². The highest BCUT2D eigenvalue weighted by molar-refractivity contribution is 5.76. The van der Waals surface area contributed by atoms with Gasteiger partial charge >= 0.3 is 0 Å². The number of ether oxygens (including phenoxy) is 1. The number of carbonyl (C=O) groups is 1. The van der Waals surface area contributed by atoms with Gasteiger partial charge in [-0.25, -0.2) is 4.68 Å². The molecule has 1 saturated heterocycles. The van der Waals surface area contributed by atoms with Crippen molar-refractivity contribution in [3.63, 3.8) is 0 Å². The summed E-state index contributed by atoms with van der Waals surface area (Å²) in [5.74, 6) is -0.106. The molecular weight excluding hydrogens is 238 g/mol. The molecule has 1 atom stereocenters. The van der Waals surface area contributed by atoms with Crippen LogP contribution in [-0.2, 0) is 22.6 Å². The molecule has 2 heterocycles.